The largest absolute Gasteiger partial charge is 0.487 e. The molecule has 2 aromatic carbocycles. The summed E-state index contributed by atoms with van der Waals surface area (Å²) in [6.07, 6.45) is 1.78. The highest BCUT2D eigenvalue weighted by molar-refractivity contribution is 5.55. The molecule has 0 aliphatic carbocycles. The molecule has 4 aromatic rings. The molecule has 4 rings (SSSR count). The predicted molar refractivity (Wildman–Crippen MR) is 133 cm³/mol. The molecule has 176 valence electrons. The molecule has 1 unspecified atom stereocenters. The summed E-state index contributed by atoms with van der Waals surface area (Å²) in [5, 5.41) is 4.10. The lowest BCUT2D eigenvalue weighted by Gasteiger charge is -2.32. The first-order valence-corrected chi connectivity index (χ1v) is 11.5. The fourth-order valence-corrected chi connectivity index (χ4v) is 4.02. The molecule has 2 N–H and O–H groups in total. The van der Waals surface area contributed by atoms with Crippen LogP contribution in [0.3, 0.4) is 0 Å². The normalized spacial score (nSPS) is 13.0. The lowest BCUT2D eigenvalue weighted by Crippen LogP contribution is -2.28. The number of ether oxygens (including phenoxy) is 1. The zero-order valence-electron chi connectivity index (χ0n) is 20.4. The molecule has 0 spiro atoms. The van der Waals surface area contributed by atoms with Crippen LogP contribution in [-0.4, -0.2) is 15.1 Å². The van der Waals surface area contributed by atoms with E-state index in [9.17, 15) is 0 Å². The van der Waals surface area contributed by atoms with Gasteiger partial charge in [0.2, 0.25) is 11.7 Å². The topological polar surface area (TPSA) is 87.1 Å². The van der Waals surface area contributed by atoms with Gasteiger partial charge in [-0.15, -0.1) is 0 Å². The van der Waals surface area contributed by atoms with Crippen LogP contribution in [0.2, 0.25) is 0 Å². The van der Waals surface area contributed by atoms with E-state index in [-0.39, 0.29) is 11.3 Å². The van der Waals surface area contributed by atoms with E-state index in [1.165, 1.54) is 11.1 Å². The second-order valence-corrected chi connectivity index (χ2v) is 10.2. The highest BCUT2D eigenvalue weighted by Crippen LogP contribution is 2.41. The molecule has 6 heteroatoms. The molecule has 2 aromatic heterocycles. The number of nitrogens with zero attached hydrogens (tertiary/aromatic N) is 3. The average molecular weight is 457 g/mol. The summed E-state index contributed by atoms with van der Waals surface area (Å²) in [7, 11) is 0. The molecule has 34 heavy (non-hydrogen) atoms. The van der Waals surface area contributed by atoms with Gasteiger partial charge >= 0.3 is 0 Å². The van der Waals surface area contributed by atoms with Crippen molar-refractivity contribution in [1.82, 2.24) is 15.1 Å². The summed E-state index contributed by atoms with van der Waals surface area (Å²) in [6.45, 7) is 10.9. The van der Waals surface area contributed by atoms with Gasteiger partial charge in [-0.3, -0.25) is 4.98 Å². The van der Waals surface area contributed by atoms with Crippen LogP contribution < -0.4 is 10.5 Å². The van der Waals surface area contributed by atoms with Crippen LogP contribution in [0.5, 0.6) is 5.75 Å². The number of rotatable bonds is 7. The van der Waals surface area contributed by atoms with Crippen LogP contribution in [0.25, 0.3) is 11.4 Å². The van der Waals surface area contributed by atoms with Gasteiger partial charge in [-0.25, -0.2) is 0 Å². The standard InChI is InChI=1S/C28H32N4O2/c1-27(2,3)24(20-13-15-23(16-14-20)33-18-22-8-6-7-17-30-22)19-9-11-21(12-10-19)25-31-26(34-32-25)28(4,5)29/h6-17,24H,18,29H2,1-5H3. The molecule has 0 aliphatic heterocycles. The van der Waals surface area contributed by atoms with Crippen molar-refractivity contribution in [2.45, 2.75) is 52.7 Å². The highest BCUT2D eigenvalue weighted by Gasteiger charge is 2.28. The molecule has 0 aliphatic rings. The quantitative estimate of drug-likeness (QED) is 0.362. The van der Waals surface area contributed by atoms with Crippen molar-refractivity contribution < 1.29 is 9.26 Å². The van der Waals surface area contributed by atoms with Crippen molar-refractivity contribution in [3.63, 3.8) is 0 Å². The highest BCUT2D eigenvalue weighted by atomic mass is 16.5. The maximum Gasteiger partial charge on any atom is 0.246 e. The molecular weight excluding hydrogens is 424 g/mol. The Hall–Kier alpha value is -3.51. The van der Waals surface area contributed by atoms with E-state index in [0.717, 1.165) is 17.0 Å². The molecule has 0 saturated carbocycles. The number of hydrogen-bond acceptors (Lipinski definition) is 6. The molecule has 0 radical (unpaired) electrons. The van der Waals surface area contributed by atoms with Gasteiger partial charge < -0.3 is 15.0 Å². The van der Waals surface area contributed by atoms with Gasteiger partial charge in [0.05, 0.1) is 11.2 Å². The molecule has 2 heterocycles. The fraction of sp³-hybridized carbons (Fsp3) is 0.321. The van der Waals surface area contributed by atoms with Crippen molar-refractivity contribution in [1.29, 1.82) is 0 Å². The Balaban J connectivity index is 1.53. The number of hydrogen-bond donors (Lipinski definition) is 1. The van der Waals surface area contributed by atoms with Crippen LogP contribution in [0.1, 0.15) is 63.2 Å². The molecule has 6 nitrogen and oxygen atoms in total. The Bertz CT molecular complexity index is 1200. The first kappa shape index (κ1) is 23.6. The van der Waals surface area contributed by atoms with E-state index < -0.39 is 5.54 Å². The van der Waals surface area contributed by atoms with Crippen LogP contribution >= 0.6 is 0 Å². The number of benzene rings is 2. The molecule has 0 fully saturated rings. The van der Waals surface area contributed by atoms with Crippen molar-refractivity contribution in [3.8, 4) is 17.1 Å². The van der Waals surface area contributed by atoms with Crippen LogP contribution in [-0.2, 0) is 12.1 Å². The van der Waals surface area contributed by atoms with Gasteiger partial charge in [-0.05, 0) is 54.7 Å². The van der Waals surface area contributed by atoms with Gasteiger partial charge in [-0.2, -0.15) is 4.98 Å². The maximum absolute atomic E-state index is 6.08. The SMILES string of the molecule is CC(C)(N)c1nc(-c2ccc(C(c3ccc(OCc4ccccn4)cc3)C(C)(C)C)cc2)no1. The number of aromatic nitrogens is 3. The van der Waals surface area contributed by atoms with Gasteiger partial charge in [0, 0.05) is 17.7 Å². The Kier molecular flexibility index (Phi) is 6.53. The monoisotopic (exact) mass is 456 g/mol. The minimum Gasteiger partial charge on any atom is -0.487 e. The second-order valence-electron chi connectivity index (χ2n) is 10.2. The van der Waals surface area contributed by atoms with Gasteiger partial charge in [0.1, 0.15) is 12.4 Å². The summed E-state index contributed by atoms with van der Waals surface area (Å²) in [6, 6.07) is 22.5. The molecule has 0 bridgehead atoms. The molecule has 0 saturated heterocycles. The Morgan fingerprint density at radius 1 is 0.882 bits per heavy atom. The van der Waals surface area contributed by atoms with Crippen molar-refractivity contribution >= 4 is 0 Å². The third kappa shape index (κ3) is 5.51. The lowest BCUT2D eigenvalue weighted by atomic mass is 9.72. The van der Waals surface area contributed by atoms with Gasteiger partial charge in [-0.1, -0.05) is 68.4 Å². The molecule has 1 atom stereocenters. The van der Waals surface area contributed by atoms with E-state index in [1.807, 2.05) is 56.3 Å². The van der Waals surface area contributed by atoms with Crippen LogP contribution in [0.4, 0.5) is 0 Å². The lowest BCUT2D eigenvalue weighted by molar-refractivity contribution is 0.301. The van der Waals surface area contributed by atoms with Crippen LogP contribution in [0.15, 0.2) is 77.4 Å². The number of nitrogens with two attached hydrogens (primary N) is 1. The maximum atomic E-state index is 6.08. The number of pyridine rings is 1. The summed E-state index contributed by atoms with van der Waals surface area (Å²) in [5.41, 5.74) is 9.68. The van der Waals surface area contributed by atoms with Gasteiger partial charge in [0.15, 0.2) is 0 Å². The second kappa shape index (κ2) is 9.39. The van der Waals surface area contributed by atoms with Gasteiger partial charge in [0.25, 0.3) is 0 Å². The van der Waals surface area contributed by atoms with E-state index in [4.69, 9.17) is 15.0 Å². The predicted octanol–water partition coefficient (Wildman–Crippen LogP) is 6.08. The van der Waals surface area contributed by atoms with Crippen LogP contribution in [0, 0.1) is 5.41 Å². The van der Waals surface area contributed by atoms with Crippen molar-refractivity contribution in [2.75, 3.05) is 0 Å². The van der Waals surface area contributed by atoms with E-state index >= 15 is 0 Å². The van der Waals surface area contributed by atoms with E-state index in [2.05, 4.69) is 60.2 Å². The minimum atomic E-state index is -0.671. The zero-order valence-corrected chi connectivity index (χ0v) is 20.4. The summed E-state index contributed by atoms with van der Waals surface area (Å²) < 4.78 is 11.3. The Morgan fingerprint density at radius 2 is 1.53 bits per heavy atom. The minimum absolute atomic E-state index is 0.0146. The third-order valence-electron chi connectivity index (χ3n) is 5.67. The molecule has 0 amide bonds. The summed E-state index contributed by atoms with van der Waals surface area (Å²) in [5.74, 6) is 2.00. The van der Waals surface area contributed by atoms with Crippen molar-refractivity contribution in [2.24, 2.45) is 11.1 Å². The summed E-state index contributed by atoms with van der Waals surface area (Å²) >= 11 is 0. The van der Waals surface area contributed by atoms with E-state index in [0.29, 0.717) is 18.3 Å². The Labute approximate surface area is 201 Å². The smallest absolute Gasteiger partial charge is 0.246 e. The average Bonchev–Trinajstić information content (AvgIpc) is 3.30. The summed E-state index contributed by atoms with van der Waals surface area (Å²) in [4.78, 5) is 8.77. The third-order valence-corrected chi connectivity index (χ3v) is 5.67. The first-order chi connectivity index (χ1) is 16.1. The Morgan fingerprint density at radius 3 is 2.06 bits per heavy atom. The van der Waals surface area contributed by atoms with Crippen molar-refractivity contribution in [3.05, 3.63) is 95.6 Å². The fourth-order valence-electron chi connectivity index (χ4n) is 4.02. The first-order valence-electron chi connectivity index (χ1n) is 11.5. The molecular formula is C28H32N4O2. The zero-order chi connectivity index (χ0) is 24.3. The van der Waals surface area contributed by atoms with E-state index in [1.54, 1.807) is 6.20 Å².